The van der Waals surface area contributed by atoms with Crippen molar-refractivity contribution in [3.05, 3.63) is 64.3 Å². The van der Waals surface area contributed by atoms with Crippen LogP contribution in [0.25, 0.3) is 6.08 Å². The first kappa shape index (κ1) is 19.3. The van der Waals surface area contributed by atoms with E-state index in [2.05, 4.69) is 16.9 Å². The third-order valence-corrected chi connectivity index (χ3v) is 6.24. The molecule has 0 saturated carbocycles. The van der Waals surface area contributed by atoms with E-state index in [4.69, 9.17) is 26.8 Å². The van der Waals surface area contributed by atoms with Crippen molar-refractivity contribution in [1.82, 2.24) is 15.3 Å². The summed E-state index contributed by atoms with van der Waals surface area (Å²) in [5.74, 6) is -0.546. The summed E-state index contributed by atoms with van der Waals surface area (Å²) in [4.78, 5) is 24.9. The minimum Gasteiger partial charge on any atom is -0.482 e. The Labute approximate surface area is 212 Å². The van der Waals surface area contributed by atoms with Crippen LogP contribution in [-0.4, -0.2) is 49.6 Å². The molecule has 1 fully saturated rings. The average Bonchev–Trinajstić information content (AvgIpc) is 2.86. The fraction of sp³-hybridized carbons (Fsp3) is 0.423. The maximum Gasteiger partial charge on any atom is 0.257 e. The zero-order chi connectivity index (χ0) is 28.0. The van der Waals surface area contributed by atoms with Crippen LogP contribution in [0.1, 0.15) is 42.5 Å². The molecule has 0 radical (unpaired) electrons. The Bertz CT molecular complexity index is 1290. The van der Waals surface area contributed by atoms with Gasteiger partial charge in [0.05, 0.1) is 25.4 Å². The van der Waals surface area contributed by atoms with E-state index >= 15 is 0 Å². The van der Waals surface area contributed by atoms with E-state index in [0.717, 1.165) is 16.8 Å². The summed E-state index contributed by atoms with van der Waals surface area (Å²) in [6.45, 7) is 6.28. The van der Waals surface area contributed by atoms with Crippen LogP contribution in [0.5, 0.6) is 0 Å². The molecule has 0 unspecified atom stereocenters. The van der Waals surface area contributed by atoms with Crippen LogP contribution in [0.4, 0.5) is 11.6 Å². The number of nitrogens with one attached hydrogen (secondary N) is 1. The van der Waals surface area contributed by atoms with Gasteiger partial charge >= 0.3 is 0 Å². The largest absolute Gasteiger partial charge is 0.482 e. The molecule has 4 rings (SSSR count). The van der Waals surface area contributed by atoms with Crippen molar-refractivity contribution < 1.29 is 15.0 Å². The highest BCUT2D eigenvalue weighted by Gasteiger charge is 2.25. The van der Waals surface area contributed by atoms with E-state index in [-0.39, 0.29) is 17.6 Å². The van der Waals surface area contributed by atoms with Gasteiger partial charge in [0.15, 0.2) is 6.56 Å². The van der Waals surface area contributed by atoms with Gasteiger partial charge in [-0.1, -0.05) is 38.1 Å². The molecule has 2 aromatic rings. The number of carbonyl (C=O) groups is 1. The molecule has 8 heteroatoms. The number of carbonyl (C=O) groups excluding carboxylic acids is 1. The molecule has 0 bridgehead atoms. The summed E-state index contributed by atoms with van der Waals surface area (Å²) in [5, 5.41) is 2.70. The minimum atomic E-state index is -2.56. The summed E-state index contributed by atoms with van der Waals surface area (Å²) >= 11 is 6.48. The second kappa shape index (κ2) is 10.1. The van der Waals surface area contributed by atoms with Gasteiger partial charge in [-0.05, 0) is 42.0 Å². The Morgan fingerprint density at radius 2 is 2.12 bits per heavy atom. The Kier molecular flexibility index (Phi) is 5.70. The summed E-state index contributed by atoms with van der Waals surface area (Å²) in [6, 6.07) is 5.83. The van der Waals surface area contributed by atoms with Gasteiger partial charge < -0.3 is 19.9 Å². The maximum atomic E-state index is 11.9. The maximum absolute atomic E-state index is 11.9. The second-order valence-corrected chi connectivity index (χ2v) is 9.11. The first-order chi connectivity index (χ1) is 17.7. The molecule has 0 spiro atoms. The van der Waals surface area contributed by atoms with Crippen LogP contribution in [0.15, 0.2) is 42.4 Å². The van der Waals surface area contributed by atoms with Gasteiger partial charge in [0.1, 0.15) is 5.76 Å². The van der Waals surface area contributed by atoms with E-state index in [0.29, 0.717) is 41.9 Å². The van der Waals surface area contributed by atoms with Crippen LogP contribution >= 0.6 is 11.6 Å². The van der Waals surface area contributed by atoms with Crippen LogP contribution in [0.2, 0.25) is 5.02 Å². The van der Waals surface area contributed by atoms with Crippen molar-refractivity contribution in [3.63, 3.8) is 0 Å². The lowest BCUT2D eigenvalue weighted by atomic mass is 9.92. The topological polar surface area (TPSA) is 70.6 Å². The molecule has 180 valence electrons. The molecule has 1 saturated heterocycles. The molecule has 1 amide bonds. The van der Waals surface area contributed by atoms with Crippen molar-refractivity contribution in [2.45, 2.75) is 26.6 Å². The summed E-state index contributed by atoms with van der Waals surface area (Å²) in [7, 11) is 3.14. The number of hydrogen-bond acceptors (Lipinski definition) is 6. The molecule has 0 aliphatic carbocycles. The monoisotopic (exact) mass is 485 g/mol. The highest BCUT2D eigenvalue weighted by Crippen LogP contribution is 2.35. The van der Waals surface area contributed by atoms with Gasteiger partial charge in [0.25, 0.3) is 5.91 Å². The van der Waals surface area contributed by atoms with Crippen LogP contribution in [-0.2, 0) is 16.0 Å². The SMILES string of the molecule is [2H]C([2H])(OC1=Cc2cc(Cc3nc(N4C[C@@H](C)C([2H])([2H])[C@@H](C)C4)ncc3Cl)ccc2N(C)C1=C)C(=O)NC. The molecule has 2 aliphatic heterocycles. The lowest BCUT2D eigenvalue weighted by Crippen LogP contribution is -2.39. The third kappa shape index (κ3) is 5.20. The zero-order valence-corrected chi connectivity index (χ0v) is 20.6. The lowest BCUT2D eigenvalue weighted by Gasteiger charge is -2.35. The fourth-order valence-electron chi connectivity index (χ4n) is 4.26. The van der Waals surface area contributed by atoms with E-state index in [1.807, 2.05) is 36.9 Å². The smallest absolute Gasteiger partial charge is 0.257 e. The first-order valence-corrected chi connectivity index (χ1v) is 11.6. The molecular weight excluding hydrogens is 450 g/mol. The number of aromatic nitrogens is 2. The highest BCUT2D eigenvalue weighted by atomic mass is 35.5. The van der Waals surface area contributed by atoms with Crippen molar-refractivity contribution in [2.24, 2.45) is 11.8 Å². The Morgan fingerprint density at radius 1 is 1.38 bits per heavy atom. The zero-order valence-electron chi connectivity index (χ0n) is 23.9. The van der Waals surface area contributed by atoms with Crippen molar-refractivity contribution in [1.29, 1.82) is 0 Å². The number of anilines is 2. The number of likely N-dealkylation sites (N-methyl/N-ethyl adjacent to an activating group) is 2. The van der Waals surface area contributed by atoms with Gasteiger partial charge in [-0.2, -0.15) is 0 Å². The summed E-state index contributed by atoms with van der Waals surface area (Å²) in [5.41, 5.74) is 3.61. The van der Waals surface area contributed by atoms with Gasteiger partial charge in [-0.15, -0.1) is 0 Å². The molecule has 1 N–H and O–H groups in total. The minimum absolute atomic E-state index is 0.154. The van der Waals surface area contributed by atoms with Gasteiger partial charge in [0, 0.05) is 47.6 Å². The van der Waals surface area contributed by atoms with Crippen molar-refractivity contribution in [2.75, 3.05) is 43.5 Å². The second-order valence-electron chi connectivity index (χ2n) is 8.71. The molecule has 2 atom stereocenters. The summed E-state index contributed by atoms with van der Waals surface area (Å²) in [6.07, 6.45) is 2.43. The number of halogens is 1. The number of ether oxygens (including phenoxy) is 1. The predicted octanol–water partition coefficient (Wildman–Crippen LogP) is 4.27. The average molecular weight is 486 g/mol. The predicted molar refractivity (Wildman–Crippen MR) is 137 cm³/mol. The van der Waals surface area contributed by atoms with E-state index < -0.39 is 18.8 Å². The number of amides is 1. The third-order valence-electron chi connectivity index (χ3n) is 5.93. The molecule has 1 aromatic heterocycles. The fourth-order valence-corrected chi connectivity index (χ4v) is 4.42. The summed E-state index contributed by atoms with van der Waals surface area (Å²) < 4.78 is 38.0. The van der Waals surface area contributed by atoms with Gasteiger partial charge in [-0.25, -0.2) is 9.97 Å². The van der Waals surface area contributed by atoms with E-state index in [1.54, 1.807) is 24.2 Å². The van der Waals surface area contributed by atoms with Crippen LogP contribution in [0.3, 0.4) is 0 Å². The van der Waals surface area contributed by atoms with Gasteiger partial charge in [0.2, 0.25) is 5.95 Å². The number of hydrogen-bond donors (Lipinski definition) is 1. The van der Waals surface area contributed by atoms with E-state index in [9.17, 15) is 4.79 Å². The van der Waals surface area contributed by atoms with Crippen LogP contribution < -0.4 is 15.1 Å². The number of benzene rings is 1. The molecule has 7 nitrogen and oxygen atoms in total. The van der Waals surface area contributed by atoms with Crippen molar-refractivity contribution >= 4 is 35.2 Å². The molecule has 34 heavy (non-hydrogen) atoms. The van der Waals surface area contributed by atoms with E-state index in [1.165, 1.54) is 7.05 Å². The lowest BCUT2D eigenvalue weighted by molar-refractivity contribution is -0.123. The first-order valence-electron chi connectivity index (χ1n) is 13.2. The van der Waals surface area contributed by atoms with Gasteiger partial charge in [-0.3, -0.25) is 4.79 Å². The van der Waals surface area contributed by atoms with Crippen LogP contribution in [0, 0.1) is 11.8 Å². The normalized spacial score (nSPS) is 23.7. The van der Waals surface area contributed by atoms with Crippen molar-refractivity contribution in [3.8, 4) is 0 Å². The Balaban J connectivity index is 1.60. The Morgan fingerprint density at radius 3 is 2.82 bits per heavy atom. The molecular formula is C26H32ClN5O2. The highest BCUT2D eigenvalue weighted by molar-refractivity contribution is 6.31. The quantitative estimate of drug-likeness (QED) is 0.658. The number of piperidine rings is 1. The Hall–Kier alpha value is -3.06. The molecule has 1 aromatic carbocycles. The molecule has 3 heterocycles. The molecule has 2 aliphatic rings. The standard InChI is InChI=1S/C26H32ClN5O2/c1-16-8-17(2)14-32(13-16)26-29-12-21(27)22(30-26)10-19-6-7-23-20(9-19)11-24(18(3)31(23)5)34-15-25(33)28-4/h6-7,9,11-12,16-17H,3,8,10,13-15H2,1-2,4-5H3,(H,28,33)/t16-,17+/i8D2,15D2. The number of nitrogens with zero attached hydrogens (tertiary/aromatic N) is 4. The number of rotatable bonds is 6. The number of fused-ring (bicyclic) bond motifs is 1.